The number of hydrogen-bond donors (Lipinski definition) is 1. The highest BCUT2D eigenvalue weighted by Gasteiger charge is 2.67. The van der Waals surface area contributed by atoms with Crippen molar-refractivity contribution < 1.29 is 5.11 Å². The summed E-state index contributed by atoms with van der Waals surface area (Å²) in [7, 11) is 0. The monoisotopic (exact) mass is 168 g/mol. The van der Waals surface area contributed by atoms with Gasteiger partial charge < -0.3 is 5.11 Å². The average Bonchev–Trinajstić information content (AvgIpc) is 2.52. The van der Waals surface area contributed by atoms with Gasteiger partial charge in [0, 0.05) is 0 Å². The Morgan fingerprint density at radius 1 is 1.33 bits per heavy atom. The highest BCUT2D eigenvalue weighted by atomic mass is 16.3. The Hall–Kier alpha value is -0.0400. The third-order valence-electron chi connectivity index (χ3n) is 4.93. The molecule has 1 heteroatoms. The third kappa shape index (κ3) is 0.783. The lowest BCUT2D eigenvalue weighted by molar-refractivity contribution is 0.0312. The van der Waals surface area contributed by atoms with Crippen molar-refractivity contribution in [2.45, 2.75) is 46.6 Å². The van der Waals surface area contributed by atoms with E-state index in [1.54, 1.807) is 0 Å². The minimum atomic E-state index is -0.121. The summed E-state index contributed by atoms with van der Waals surface area (Å²) in [6, 6.07) is 0. The second-order valence-corrected chi connectivity index (χ2v) is 5.62. The molecular formula is C11H20O. The fourth-order valence-electron chi connectivity index (χ4n) is 3.41. The number of rotatable bonds is 1. The highest BCUT2D eigenvalue weighted by molar-refractivity contribution is 5.16. The van der Waals surface area contributed by atoms with Gasteiger partial charge in [-0.2, -0.15) is 0 Å². The van der Waals surface area contributed by atoms with Gasteiger partial charge in [0.15, 0.2) is 0 Å². The molecule has 70 valence electrons. The molecule has 0 saturated heterocycles. The summed E-state index contributed by atoms with van der Waals surface area (Å²) in [5, 5.41) is 9.64. The Bertz CT molecular complexity index is 207. The lowest BCUT2D eigenvalue weighted by Gasteiger charge is -2.37. The zero-order valence-electron chi connectivity index (χ0n) is 8.59. The molecular weight excluding hydrogens is 148 g/mol. The van der Waals surface area contributed by atoms with Gasteiger partial charge >= 0.3 is 0 Å². The average molecular weight is 168 g/mol. The maximum atomic E-state index is 9.64. The first kappa shape index (κ1) is 8.55. The van der Waals surface area contributed by atoms with Crippen molar-refractivity contribution in [1.82, 2.24) is 0 Å². The van der Waals surface area contributed by atoms with Crippen molar-refractivity contribution in [3.63, 3.8) is 0 Å². The summed E-state index contributed by atoms with van der Waals surface area (Å²) < 4.78 is 0. The second kappa shape index (κ2) is 2.06. The minimum absolute atomic E-state index is 0.121. The fourth-order valence-corrected chi connectivity index (χ4v) is 3.41. The number of hydrogen-bond acceptors (Lipinski definition) is 1. The van der Waals surface area contributed by atoms with Crippen LogP contribution in [0.15, 0.2) is 0 Å². The van der Waals surface area contributed by atoms with E-state index in [0.29, 0.717) is 16.7 Å². The number of aliphatic hydroxyl groups excluding tert-OH is 1. The first-order valence-corrected chi connectivity index (χ1v) is 5.07. The highest BCUT2D eigenvalue weighted by Crippen LogP contribution is 2.74. The van der Waals surface area contributed by atoms with Gasteiger partial charge in [-0.15, -0.1) is 0 Å². The molecule has 4 atom stereocenters. The smallest absolute Gasteiger partial charge is 0.0545 e. The van der Waals surface area contributed by atoms with Crippen molar-refractivity contribution >= 4 is 0 Å². The molecule has 2 rings (SSSR count). The summed E-state index contributed by atoms with van der Waals surface area (Å²) in [4.78, 5) is 0. The van der Waals surface area contributed by atoms with E-state index in [2.05, 4.69) is 20.8 Å². The quantitative estimate of drug-likeness (QED) is 0.637. The molecule has 0 aromatic rings. The van der Waals surface area contributed by atoms with Crippen LogP contribution in [0.2, 0.25) is 0 Å². The standard InChI is InChI=1S/C11H20O/c1-7(12)9-5-8-6-11(8,4)10(9,2)3/h7-9,12H,5-6H2,1-4H3. The van der Waals surface area contributed by atoms with E-state index in [0.717, 1.165) is 5.92 Å². The van der Waals surface area contributed by atoms with Crippen LogP contribution in [0.1, 0.15) is 40.5 Å². The van der Waals surface area contributed by atoms with Crippen molar-refractivity contribution in [2.75, 3.05) is 0 Å². The SMILES string of the molecule is CC(O)C1CC2CC2(C)C1(C)C. The van der Waals surface area contributed by atoms with Gasteiger partial charge in [0.05, 0.1) is 6.10 Å². The lowest BCUT2D eigenvalue weighted by Crippen LogP contribution is -2.34. The van der Waals surface area contributed by atoms with Gasteiger partial charge in [0.25, 0.3) is 0 Å². The molecule has 4 unspecified atom stereocenters. The zero-order chi connectivity index (χ0) is 9.15. The molecule has 1 N–H and O–H groups in total. The van der Waals surface area contributed by atoms with Crippen LogP contribution >= 0.6 is 0 Å². The third-order valence-corrected chi connectivity index (χ3v) is 4.93. The van der Waals surface area contributed by atoms with Crippen LogP contribution in [0.5, 0.6) is 0 Å². The fraction of sp³-hybridized carbons (Fsp3) is 1.00. The van der Waals surface area contributed by atoms with Crippen LogP contribution in [0.3, 0.4) is 0 Å². The molecule has 0 radical (unpaired) electrons. The van der Waals surface area contributed by atoms with E-state index < -0.39 is 0 Å². The summed E-state index contributed by atoms with van der Waals surface area (Å²) in [5.41, 5.74) is 0.903. The predicted molar refractivity (Wildman–Crippen MR) is 49.8 cm³/mol. The van der Waals surface area contributed by atoms with E-state index in [1.165, 1.54) is 12.8 Å². The summed E-state index contributed by atoms with van der Waals surface area (Å²) in [5.74, 6) is 1.44. The van der Waals surface area contributed by atoms with Crippen LogP contribution in [-0.4, -0.2) is 11.2 Å². The van der Waals surface area contributed by atoms with Crippen LogP contribution in [0.25, 0.3) is 0 Å². The summed E-state index contributed by atoms with van der Waals surface area (Å²) >= 11 is 0. The molecule has 0 heterocycles. The van der Waals surface area contributed by atoms with Crippen molar-refractivity contribution in [1.29, 1.82) is 0 Å². The molecule has 12 heavy (non-hydrogen) atoms. The normalized spacial score (nSPS) is 51.8. The van der Waals surface area contributed by atoms with E-state index in [4.69, 9.17) is 0 Å². The van der Waals surface area contributed by atoms with Gasteiger partial charge in [-0.25, -0.2) is 0 Å². The van der Waals surface area contributed by atoms with Crippen LogP contribution in [-0.2, 0) is 0 Å². The van der Waals surface area contributed by atoms with Crippen LogP contribution in [0, 0.1) is 22.7 Å². The molecule has 0 bridgehead atoms. The van der Waals surface area contributed by atoms with Gasteiger partial charge in [0.1, 0.15) is 0 Å². The molecule has 2 aliphatic rings. The molecule has 2 aliphatic carbocycles. The molecule has 0 aromatic carbocycles. The van der Waals surface area contributed by atoms with Gasteiger partial charge in [0.2, 0.25) is 0 Å². The maximum Gasteiger partial charge on any atom is 0.0545 e. The molecule has 2 fully saturated rings. The number of fused-ring (bicyclic) bond motifs is 1. The lowest BCUT2D eigenvalue weighted by atomic mass is 9.69. The Labute approximate surface area is 75.2 Å². The van der Waals surface area contributed by atoms with E-state index in [1.807, 2.05) is 6.92 Å². The predicted octanol–water partition coefficient (Wildman–Crippen LogP) is 2.44. The molecule has 2 saturated carbocycles. The van der Waals surface area contributed by atoms with Crippen molar-refractivity contribution in [3.8, 4) is 0 Å². The van der Waals surface area contributed by atoms with E-state index in [9.17, 15) is 5.11 Å². The molecule has 1 nitrogen and oxygen atoms in total. The molecule has 0 aliphatic heterocycles. The van der Waals surface area contributed by atoms with E-state index >= 15 is 0 Å². The molecule has 0 aromatic heterocycles. The Morgan fingerprint density at radius 2 is 1.92 bits per heavy atom. The van der Waals surface area contributed by atoms with Crippen LogP contribution < -0.4 is 0 Å². The van der Waals surface area contributed by atoms with Crippen molar-refractivity contribution in [3.05, 3.63) is 0 Å². The first-order valence-electron chi connectivity index (χ1n) is 5.07. The Morgan fingerprint density at radius 3 is 2.17 bits per heavy atom. The van der Waals surface area contributed by atoms with E-state index in [-0.39, 0.29) is 6.10 Å². The Kier molecular flexibility index (Phi) is 1.47. The Balaban J connectivity index is 2.23. The molecule has 0 spiro atoms. The van der Waals surface area contributed by atoms with Gasteiger partial charge in [-0.1, -0.05) is 20.8 Å². The van der Waals surface area contributed by atoms with Gasteiger partial charge in [-0.3, -0.25) is 0 Å². The first-order chi connectivity index (χ1) is 5.39. The van der Waals surface area contributed by atoms with Gasteiger partial charge in [-0.05, 0) is 42.4 Å². The molecule has 0 amide bonds. The largest absolute Gasteiger partial charge is 0.393 e. The second-order valence-electron chi connectivity index (χ2n) is 5.62. The number of aliphatic hydroxyl groups is 1. The topological polar surface area (TPSA) is 20.2 Å². The summed E-state index contributed by atoms with van der Waals surface area (Å²) in [6.07, 6.45) is 2.52. The summed E-state index contributed by atoms with van der Waals surface area (Å²) in [6.45, 7) is 9.00. The van der Waals surface area contributed by atoms with Crippen LogP contribution in [0.4, 0.5) is 0 Å². The zero-order valence-corrected chi connectivity index (χ0v) is 8.59. The maximum absolute atomic E-state index is 9.64. The minimum Gasteiger partial charge on any atom is -0.393 e. The van der Waals surface area contributed by atoms with Crippen molar-refractivity contribution in [2.24, 2.45) is 22.7 Å².